The first-order valence-corrected chi connectivity index (χ1v) is 9.85. The molecular weight excluding hydrogens is 366 g/mol. The second kappa shape index (κ2) is 7.66. The van der Waals surface area contributed by atoms with Gasteiger partial charge in [0.2, 0.25) is 12.2 Å². The number of benzene rings is 1. The topological polar surface area (TPSA) is 93.6 Å². The molecule has 4 rings (SSSR count). The number of carbonyl (C=O) groups excluding carboxylic acids is 2. The van der Waals surface area contributed by atoms with Crippen molar-refractivity contribution in [3.05, 3.63) is 53.9 Å². The number of carbonyl (C=O) groups is 2. The van der Waals surface area contributed by atoms with Crippen LogP contribution >= 0.6 is 0 Å². The van der Waals surface area contributed by atoms with Gasteiger partial charge in [0.1, 0.15) is 0 Å². The highest BCUT2D eigenvalue weighted by Gasteiger charge is 2.25. The molecule has 1 aliphatic heterocycles. The van der Waals surface area contributed by atoms with Crippen LogP contribution in [0.1, 0.15) is 36.2 Å². The molecule has 2 N–H and O–H groups in total. The molecule has 29 heavy (non-hydrogen) atoms. The number of likely N-dealkylation sites (tertiary alicyclic amines) is 1. The van der Waals surface area contributed by atoms with E-state index in [-0.39, 0.29) is 5.91 Å². The van der Waals surface area contributed by atoms with Gasteiger partial charge in [-0.2, -0.15) is 0 Å². The van der Waals surface area contributed by atoms with Gasteiger partial charge in [0.05, 0.1) is 17.7 Å². The predicted molar refractivity (Wildman–Crippen MR) is 109 cm³/mol. The Morgan fingerprint density at radius 2 is 1.79 bits per heavy atom. The average Bonchev–Trinajstić information content (AvgIpc) is 3.17. The van der Waals surface area contributed by atoms with Crippen LogP contribution in [0.3, 0.4) is 0 Å². The lowest BCUT2D eigenvalue weighted by molar-refractivity contribution is -0.133. The summed E-state index contributed by atoms with van der Waals surface area (Å²) in [5.41, 5.74) is 8.73. The quantitative estimate of drug-likeness (QED) is 0.740. The molecule has 1 aliphatic rings. The van der Waals surface area contributed by atoms with Crippen LogP contribution in [-0.2, 0) is 11.2 Å². The second-order valence-electron chi connectivity index (χ2n) is 8.06. The van der Waals surface area contributed by atoms with Crippen LogP contribution in [0, 0.1) is 18.2 Å². The number of nitrogens with two attached hydrogens (primary N) is 1. The molecule has 7 nitrogen and oxygen atoms in total. The number of hydrogen-bond acceptors (Lipinski definition) is 4. The van der Waals surface area contributed by atoms with E-state index in [1.807, 2.05) is 29.2 Å². The molecule has 1 fully saturated rings. The zero-order chi connectivity index (χ0) is 20.5. The first-order valence-electron chi connectivity index (χ1n) is 9.85. The van der Waals surface area contributed by atoms with Gasteiger partial charge in [-0.15, -0.1) is 5.10 Å². The molecule has 149 valence electrons. The van der Waals surface area contributed by atoms with Gasteiger partial charge in [-0.05, 0) is 36.0 Å². The van der Waals surface area contributed by atoms with Crippen molar-refractivity contribution < 1.29 is 9.59 Å². The van der Waals surface area contributed by atoms with E-state index in [0.29, 0.717) is 29.5 Å². The molecule has 3 heterocycles. The molecular formula is C22H24N5O2. The largest absolute Gasteiger partial charge is 0.365 e. The lowest BCUT2D eigenvalue weighted by Crippen LogP contribution is -2.43. The van der Waals surface area contributed by atoms with Crippen LogP contribution in [0.4, 0.5) is 0 Å². The molecule has 7 heteroatoms. The highest BCUT2D eigenvalue weighted by Crippen LogP contribution is 2.24. The van der Waals surface area contributed by atoms with Gasteiger partial charge in [0.25, 0.3) is 5.91 Å². The van der Waals surface area contributed by atoms with Crippen molar-refractivity contribution in [1.29, 1.82) is 0 Å². The Balaban J connectivity index is 1.54. The second-order valence-corrected chi connectivity index (χ2v) is 8.06. The number of primary amides is 1. The fourth-order valence-electron chi connectivity index (χ4n) is 4.22. The number of rotatable bonds is 4. The van der Waals surface area contributed by atoms with Crippen molar-refractivity contribution in [3.63, 3.8) is 0 Å². The van der Waals surface area contributed by atoms with Crippen LogP contribution in [0.15, 0.2) is 36.4 Å². The van der Waals surface area contributed by atoms with Gasteiger partial charge in [0, 0.05) is 18.7 Å². The lowest BCUT2D eigenvalue weighted by atomic mass is 9.91. The van der Waals surface area contributed by atoms with Gasteiger partial charge >= 0.3 is 0 Å². The SMILES string of the molecule is CC1CC(C)CN(C(=O)Cc2ccc(-c3ccc(C(N)=O)c4n[c]nn34)cc2)C1. The summed E-state index contributed by atoms with van der Waals surface area (Å²) < 4.78 is 1.55. The van der Waals surface area contributed by atoms with Crippen LogP contribution in [0.25, 0.3) is 16.9 Å². The Kier molecular flexibility index (Phi) is 5.05. The Labute approximate surface area is 169 Å². The molecule has 0 saturated carbocycles. The molecule has 1 aromatic carbocycles. The number of amides is 2. The first kappa shape index (κ1) is 19.1. The number of pyridine rings is 1. The zero-order valence-corrected chi connectivity index (χ0v) is 16.6. The van der Waals surface area contributed by atoms with Crippen molar-refractivity contribution in [1.82, 2.24) is 19.5 Å². The minimum absolute atomic E-state index is 0.176. The minimum atomic E-state index is -0.557. The van der Waals surface area contributed by atoms with Crippen molar-refractivity contribution in [2.75, 3.05) is 13.1 Å². The average molecular weight is 390 g/mol. The maximum atomic E-state index is 12.7. The molecule has 1 saturated heterocycles. The summed E-state index contributed by atoms with van der Waals surface area (Å²) in [7, 11) is 0. The van der Waals surface area contributed by atoms with Crippen molar-refractivity contribution in [2.45, 2.75) is 26.7 Å². The molecule has 0 bridgehead atoms. The molecule has 2 unspecified atom stereocenters. The van der Waals surface area contributed by atoms with Gasteiger partial charge in [0.15, 0.2) is 5.65 Å². The monoisotopic (exact) mass is 390 g/mol. The predicted octanol–water partition coefficient (Wildman–Crippen LogP) is 2.34. The normalized spacial score (nSPS) is 19.4. The van der Waals surface area contributed by atoms with E-state index in [1.165, 1.54) is 6.42 Å². The fraction of sp³-hybridized carbons (Fsp3) is 0.364. The molecule has 0 aliphatic carbocycles. The van der Waals surface area contributed by atoms with E-state index in [9.17, 15) is 9.59 Å². The van der Waals surface area contributed by atoms with Crippen molar-refractivity contribution in [3.8, 4) is 11.3 Å². The summed E-state index contributed by atoms with van der Waals surface area (Å²) in [6.45, 7) is 6.09. The third-order valence-electron chi connectivity index (χ3n) is 5.47. The van der Waals surface area contributed by atoms with Crippen LogP contribution in [0.2, 0.25) is 0 Å². The highest BCUT2D eigenvalue weighted by molar-refractivity contribution is 5.99. The molecule has 0 spiro atoms. The van der Waals surface area contributed by atoms with E-state index in [4.69, 9.17) is 5.73 Å². The number of aromatic nitrogens is 3. The fourth-order valence-corrected chi connectivity index (χ4v) is 4.22. The molecule has 1 radical (unpaired) electrons. The van der Waals surface area contributed by atoms with Crippen molar-refractivity contribution >= 4 is 17.5 Å². The Morgan fingerprint density at radius 3 is 2.45 bits per heavy atom. The standard InChI is InChI=1S/C22H24N5O2/c1-14-9-15(2)12-26(11-14)20(28)10-16-3-5-17(6-4-16)19-8-7-18(21(23)29)22-24-13-25-27(19)22/h3-8,14-15H,9-12H2,1-2H3,(H2,23,29). The summed E-state index contributed by atoms with van der Waals surface area (Å²) in [6.07, 6.45) is 4.11. The maximum Gasteiger partial charge on any atom is 0.252 e. The smallest absolute Gasteiger partial charge is 0.252 e. The number of fused-ring (bicyclic) bond motifs is 1. The summed E-state index contributed by atoms with van der Waals surface area (Å²) in [5, 5.41) is 4.10. The summed E-state index contributed by atoms with van der Waals surface area (Å²) in [6, 6.07) is 11.2. The van der Waals surface area contributed by atoms with Gasteiger partial charge < -0.3 is 10.6 Å². The van der Waals surface area contributed by atoms with E-state index in [0.717, 1.165) is 29.9 Å². The van der Waals surface area contributed by atoms with Crippen LogP contribution in [0.5, 0.6) is 0 Å². The summed E-state index contributed by atoms with van der Waals surface area (Å²) in [5.74, 6) is 0.721. The molecule has 3 aromatic rings. The van der Waals surface area contributed by atoms with E-state index >= 15 is 0 Å². The highest BCUT2D eigenvalue weighted by atomic mass is 16.2. The maximum absolute atomic E-state index is 12.7. The van der Waals surface area contributed by atoms with E-state index < -0.39 is 5.91 Å². The number of hydrogen-bond donors (Lipinski definition) is 1. The summed E-state index contributed by atoms with van der Waals surface area (Å²) >= 11 is 0. The molecule has 2 amide bonds. The Morgan fingerprint density at radius 1 is 1.10 bits per heavy atom. The Hall–Kier alpha value is -3.22. The van der Waals surface area contributed by atoms with Crippen molar-refractivity contribution in [2.24, 2.45) is 17.6 Å². The first-order chi connectivity index (χ1) is 13.9. The number of nitrogens with zero attached hydrogens (tertiary/aromatic N) is 4. The van der Waals surface area contributed by atoms with Crippen LogP contribution in [-0.4, -0.2) is 44.4 Å². The molecule has 2 aromatic heterocycles. The lowest BCUT2D eigenvalue weighted by Gasteiger charge is -2.35. The Bertz CT molecular complexity index is 1050. The van der Waals surface area contributed by atoms with Gasteiger partial charge in [-0.3, -0.25) is 9.59 Å². The third kappa shape index (κ3) is 3.85. The van der Waals surface area contributed by atoms with Gasteiger partial charge in [-0.25, -0.2) is 9.50 Å². The minimum Gasteiger partial charge on any atom is -0.365 e. The molecule has 2 atom stereocenters. The van der Waals surface area contributed by atoms with Crippen LogP contribution < -0.4 is 5.73 Å². The van der Waals surface area contributed by atoms with E-state index in [1.54, 1.807) is 16.6 Å². The number of piperidine rings is 1. The zero-order valence-electron chi connectivity index (χ0n) is 16.6. The van der Waals surface area contributed by atoms with Gasteiger partial charge in [-0.1, -0.05) is 38.1 Å². The van der Waals surface area contributed by atoms with E-state index in [2.05, 4.69) is 30.3 Å². The summed E-state index contributed by atoms with van der Waals surface area (Å²) in [4.78, 5) is 30.3. The third-order valence-corrected chi connectivity index (χ3v) is 5.47.